The third-order valence-electron chi connectivity index (χ3n) is 3.66. The predicted molar refractivity (Wildman–Crippen MR) is 74.6 cm³/mol. The molecule has 0 saturated carbocycles. The van der Waals surface area contributed by atoms with Crippen molar-refractivity contribution in [3.63, 3.8) is 0 Å². The first-order valence-electron chi connectivity index (χ1n) is 6.77. The Balaban J connectivity index is 1.83. The Kier molecular flexibility index (Phi) is 3.94. The lowest BCUT2D eigenvalue weighted by Crippen LogP contribution is -2.34. The molecule has 5 nitrogen and oxygen atoms in total. The highest BCUT2D eigenvalue weighted by molar-refractivity contribution is 6.33. The maximum Gasteiger partial charge on any atom is 0.417 e. The second kappa shape index (κ2) is 5.75. The van der Waals surface area contributed by atoms with Crippen LogP contribution >= 0.6 is 11.6 Å². The van der Waals surface area contributed by atoms with Crippen molar-refractivity contribution in [2.45, 2.75) is 31.6 Å². The van der Waals surface area contributed by atoms with Gasteiger partial charge in [-0.2, -0.15) is 18.3 Å². The van der Waals surface area contributed by atoms with Crippen LogP contribution in [0.4, 0.5) is 19.0 Å². The number of alkyl halides is 3. The summed E-state index contributed by atoms with van der Waals surface area (Å²) in [5.41, 5.74) is -0.840. The smallest absolute Gasteiger partial charge is 0.351 e. The van der Waals surface area contributed by atoms with E-state index in [1.54, 1.807) is 11.0 Å². The SMILES string of the molecule is FC(F)(F)c1cnc(N2CCC[C@H]2Cn2cncn2)c(Cl)c1. The van der Waals surface area contributed by atoms with Gasteiger partial charge in [0.2, 0.25) is 0 Å². The summed E-state index contributed by atoms with van der Waals surface area (Å²) in [5, 5.41) is 4.07. The summed E-state index contributed by atoms with van der Waals surface area (Å²) >= 11 is 6.02. The van der Waals surface area contributed by atoms with Gasteiger partial charge in [-0.15, -0.1) is 0 Å². The maximum absolute atomic E-state index is 12.7. The molecule has 2 aromatic rings. The number of nitrogens with zero attached hydrogens (tertiary/aromatic N) is 5. The topological polar surface area (TPSA) is 46.8 Å². The van der Waals surface area contributed by atoms with Crippen molar-refractivity contribution in [1.82, 2.24) is 19.7 Å². The predicted octanol–water partition coefficient (Wildman–Crippen LogP) is 3.01. The average Bonchev–Trinajstić information content (AvgIpc) is 3.10. The van der Waals surface area contributed by atoms with Crippen LogP contribution in [0.25, 0.3) is 0 Å². The zero-order chi connectivity index (χ0) is 15.7. The third kappa shape index (κ3) is 3.01. The van der Waals surface area contributed by atoms with Crippen molar-refractivity contribution in [2.75, 3.05) is 11.4 Å². The van der Waals surface area contributed by atoms with Crippen molar-refractivity contribution in [1.29, 1.82) is 0 Å². The summed E-state index contributed by atoms with van der Waals surface area (Å²) in [7, 11) is 0. The Morgan fingerprint density at radius 1 is 1.36 bits per heavy atom. The van der Waals surface area contributed by atoms with E-state index < -0.39 is 11.7 Å². The molecule has 2 aromatic heterocycles. The van der Waals surface area contributed by atoms with Crippen LogP contribution in [0.15, 0.2) is 24.9 Å². The molecule has 22 heavy (non-hydrogen) atoms. The maximum atomic E-state index is 12.7. The lowest BCUT2D eigenvalue weighted by Gasteiger charge is -2.26. The number of rotatable bonds is 3. The molecule has 0 bridgehead atoms. The minimum Gasteiger partial charge on any atom is -0.351 e. The molecule has 0 N–H and O–H groups in total. The molecule has 1 fully saturated rings. The summed E-state index contributed by atoms with van der Waals surface area (Å²) in [6.07, 6.45) is 1.27. The van der Waals surface area contributed by atoms with Gasteiger partial charge >= 0.3 is 6.18 Å². The van der Waals surface area contributed by atoms with Crippen LogP contribution in [0.5, 0.6) is 0 Å². The van der Waals surface area contributed by atoms with Gasteiger partial charge in [0.25, 0.3) is 0 Å². The second-order valence-corrected chi connectivity index (χ2v) is 5.54. The summed E-state index contributed by atoms with van der Waals surface area (Å²) in [6, 6.07) is 1.01. The van der Waals surface area contributed by atoms with Gasteiger partial charge in [-0.3, -0.25) is 4.68 Å². The Morgan fingerprint density at radius 3 is 2.82 bits per heavy atom. The van der Waals surface area contributed by atoms with Gasteiger partial charge in [-0.25, -0.2) is 9.97 Å². The van der Waals surface area contributed by atoms with Crippen LogP contribution in [0.1, 0.15) is 18.4 Å². The molecule has 0 amide bonds. The summed E-state index contributed by atoms with van der Waals surface area (Å²) in [4.78, 5) is 9.75. The molecule has 0 spiro atoms. The van der Waals surface area contributed by atoms with Crippen LogP contribution in [0.2, 0.25) is 5.02 Å². The first-order chi connectivity index (χ1) is 10.4. The lowest BCUT2D eigenvalue weighted by molar-refractivity contribution is -0.137. The van der Waals surface area contributed by atoms with Crippen molar-refractivity contribution in [3.8, 4) is 0 Å². The van der Waals surface area contributed by atoms with Crippen molar-refractivity contribution >= 4 is 17.4 Å². The van der Waals surface area contributed by atoms with Gasteiger partial charge in [0.15, 0.2) is 0 Å². The Hall–Kier alpha value is -1.83. The molecule has 0 radical (unpaired) electrons. The zero-order valence-corrected chi connectivity index (χ0v) is 12.2. The zero-order valence-electron chi connectivity index (χ0n) is 11.5. The first-order valence-corrected chi connectivity index (χ1v) is 7.15. The molecule has 0 aliphatic carbocycles. The molecular formula is C13H13ClF3N5. The number of hydrogen-bond acceptors (Lipinski definition) is 4. The molecule has 3 heterocycles. The van der Waals surface area contributed by atoms with Crippen LogP contribution in [-0.2, 0) is 12.7 Å². The van der Waals surface area contributed by atoms with E-state index >= 15 is 0 Å². The molecule has 0 aromatic carbocycles. The molecule has 3 rings (SSSR count). The average molecular weight is 332 g/mol. The quantitative estimate of drug-likeness (QED) is 0.867. The van der Waals surface area contributed by atoms with Gasteiger partial charge < -0.3 is 4.90 Å². The Morgan fingerprint density at radius 2 is 2.18 bits per heavy atom. The van der Waals surface area contributed by atoms with Gasteiger partial charge in [-0.05, 0) is 18.9 Å². The molecule has 1 aliphatic heterocycles. The van der Waals surface area contributed by atoms with E-state index in [0.29, 0.717) is 18.9 Å². The molecule has 9 heteroatoms. The van der Waals surface area contributed by atoms with E-state index in [0.717, 1.165) is 25.1 Å². The van der Waals surface area contributed by atoms with Crippen molar-refractivity contribution in [3.05, 3.63) is 35.5 Å². The molecule has 1 saturated heterocycles. The van der Waals surface area contributed by atoms with Crippen LogP contribution < -0.4 is 4.90 Å². The largest absolute Gasteiger partial charge is 0.417 e. The van der Waals surface area contributed by atoms with Gasteiger partial charge in [0.05, 0.1) is 23.2 Å². The van der Waals surface area contributed by atoms with Gasteiger partial charge in [0, 0.05) is 12.7 Å². The number of pyridine rings is 1. The van der Waals surface area contributed by atoms with E-state index in [1.807, 2.05) is 4.90 Å². The summed E-state index contributed by atoms with van der Waals surface area (Å²) < 4.78 is 39.7. The third-order valence-corrected chi connectivity index (χ3v) is 3.94. The Bertz CT molecular complexity index is 644. The van der Waals surface area contributed by atoms with Crippen LogP contribution in [-0.4, -0.2) is 32.3 Å². The van der Waals surface area contributed by atoms with Crippen molar-refractivity contribution in [2.24, 2.45) is 0 Å². The first kappa shape index (κ1) is 15.1. The fraction of sp³-hybridized carbons (Fsp3) is 0.462. The molecule has 118 valence electrons. The normalized spacial score (nSPS) is 18.9. The lowest BCUT2D eigenvalue weighted by atomic mass is 10.2. The minimum absolute atomic E-state index is 0.0142. The Labute approximate surface area is 129 Å². The number of aromatic nitrogens is 4. The van der Waals surface area contributed by atoms with E-state index in [-0.39, 0.29) is 11.1 Å². The number of hydrogen-bond donors (Lipinski definition) is 0. The summed E-state index contributed by atoms with van der Waals surface area (Å²) in [5.74, 6) is 0.386. The molecular weight excluding hydrogens is 319 g/mol. The molecule has 1 atom stereocenters. The number of anilines is 1. The van der Waals surface area contributed by atoms with E-state index in [9.17, 15) is 13.2 Å². The van der Waals surface area contributed by atoms with Gasteiger partial charge in [0.1, 0.15) is 18.5 Å². The summed E-state index contributed by atoms with van der Waals surface area (Å²) in [6.45, 7) is 1.30. The monoisotopic (exact) mass is 331 g/mol. The standard InChI is InChI=1S/C13H13ClF3N5/c14-11-4-9(13(15,16)17)5-19-12(11)22-3-1-2-10(22)6-21-8-18-7-20-21/h4-5,7-8,10H,1-3,6H2/t10-/m0/s1. The highest BCUT2D eigenvalue weighted by Gasteiger charge is 2.33. The highest BCUT2D eigenvalue weighted by Crippen LogP contribution is 2.35. The van der Waals surface area contributed by atoms with Gasteiger partial charge in [-0.1, -0.05) is 11.6 Å². The van der Waals surface area contributed by atoms with E-state index in [4.69, 9.17) is 11.6 Å². The molecule has 1 aliphatic rings. The fourth-order valence-corrected chi connectivity index (χ4v) is 2.92. The van der Waals surface area contributed by atoms with E-state index in [1.165, 1.54) is 6.33 Å². The minimum atomic E-state index is -4.44. The van der Waals surface area contributed by atoms with Crippen molar-refractivity contribution < 1.29 is 13.2 Å². The second-order valence-electron chi connectivity index (χ2n) is 5.13. The van der Waals surface area contributed by atoms with E-state index in [2.05, 4.69) is 15.1 Å². The molecule has 0 unspecified atom stereocenters. The number of halogens is 4. The fourth-order valence-electron chi connectivity index (χ4n) is 2.64. The highest BCUT2D eigenvalue weighted by atomic mass is 35.5. The van der Waals surface area contributed by atoms with Crippen LogP contribution in [0.3, 0.4) is 0 Å². The van der Waals surface area contributed by atoms with Crippen LogP contribution in [0, 0.1) is 0 Å².